The Morgan fingerprint density at radius 3 is 2.79 bits per heavy atom. The molecule has 2 atom stereocenters. The molecule has 0 bridgehead atoms. The van der Waals surface area contributed by atoms with Gasteiger partial charge in [0.2, 0.25) is 0 Å². The van der Waals surface area contributed by atoms with E-state index >= 15 is 0 Å². The molecule has 4 heteroatoms. The smallest absolute Gasteiger partial charge is 0.0534 e. The molecular weight excluding hydrogens is 198 g/mol. The number of rotatable bonds is 5. The number of aromatic nitrogens is 2. The second kappa shape index (κ2) is 5.37. The van der Waals surface area contributed by atoms with E-state index in [1.54, 1.807) is 0 Å². The van der Waals surface area contributed by atoms with Crippen LogP contribution in [-0.4, -0.2) is 21.7 Å². The predicted octanol–water partition coefficient (Wildman–Crippen LogP) is 1.77. The van der Waals surface area contributed by atoms with Crippen LogP contribution in [0.25, 0.3) is 0 Å². The third-order valence-corrected chi connectivity index (χ3v) is 2.97. The number of hydrogen-bond acceptors (Lipinski definition) is 2. The van der Waals surface area contributed by atoms with Gasteiger partial charge >= 0.3 is 0 Å². The van der Waals surface area contributed by atoms with Gasteiger partial charge in [0.05, 0.1) is 6.20 Å². The Morgan fingerprint density at radius 1 is 1.57 bits per heavy atom. The Labute approximate surface area is 90.4 Å². The number of alkyl halides is 1. The largest absolute Gasteiger partial charge is 0.310 e. The van der Waals surface area contributed by atoms with Crippen molar-refractivity contribution >= 4 is 11.6 Å². The van der Waals surface area contributed by atoms with Gasteiger partial charge in [-0.3, -0.25) is 4.68 Å². The van der Waals surface area contributed by atoms with E-state index in [1.807, 2.05) is 24.1 Å². The molecule has 0 aliphatic rings. The van der Waals surface area contributed by atoms with E-state index in [-0.39, 0.29) is 0 Å². The Kier molecular flexibility index (Phi) is 4.42. The average Bonchev–Trinajstić information content (AvgIpc) is 2.59. The van der Waals surface area contributed by atoms with Crippen molar-refractivity contribution in [3.05, 3.63) is 18.0 Å². The van der Waals surface area contributed by atoms with Crippen LogP contribution in [0.2, 0.25) is 0 Å². The zero-order chi connectivity index (χ0) is 10.6. The molecule has 0 aromatic carbocycles. The van der Waals surface area contributed by atoms with E-state index in [0.717, 1.165) is 6.54 Å². The van der Waals surface area contributed by atoms with Crippen LogP contribution in [0.15, 0.2) is 12.4 Å². The lowest BCUT2D eigenvalue weighted by Crippen LogP contribution is -2.32. The van der Waals surface area contributed by atoms with Gasteiger partial charge in [0, 0.05) is 37.3 Å². The molecular formula is C10H18ClN3. The highest BCUT2D eigenvalue weighted by Gasteiger charge is 2.10. The van der Waals surface area contributed by atoms with Crippen LogP contribution in [0, 0.1) is 5.92 Å². The fourth-order valence-corrected chi connectivity index (χ4v) is 1.44. The summed E-state index contributed by atoms with van der Waals surface area (Å²) in [5, 5.41) is 7.54. The normalized spacial score (nSPS) is 15.4. The maximum Gasteiger partial charge on any atom is 0.0534 e. The van der Waals surface area contributed by atoms with Gasteiger partial charge in [-0.1, -0.05) is 6.92 Å². The van der Waals surface area contributed by atoms with Gasteiger partial charge in [0.25, 0.3) is 0 Å². The fourth-order valence-electron chi connectivity index (χ4n) is 1.18. The van der Waals surface area contributed by atoms with E-state index in [9.17, 15) is 0 Å². The van der Waals surface area contributed by atoms with Crippen LogP contribution >= 0.6 is 11.6 Å². The van der Waals surface area contributed by atoms with Gasteiger partial charge < -0.3 is 5.32 Å². The van der Waals surface area contributed by atoms with Gasteiger partial charge in [-0.05, 0) is 12.8 Å². The van der Waals surface area contributed by atoms with E-state index in [0.29, 0.717) is 17.8 Å². The summed E-state index contributed by atoms with van der Waals surface area (Å²) in [6, 6.07) is 0.438. The summed E-state index contributed by atoms with van der Waals surface area (Å²) in [4.78, 5) is 0. The van der Waals surface area contributed by atoms with E-state index in [2.05, 4.69) is 24.3 Å². The molecule has 1 heterocycles. The third kappa shape index (κ3) is 3.31. The van der Waals surface area contributed by atoms with Crippen LogP contribution < -0.4 is 5.32 Å². The van der Waals surface area contributed by atoms with Crippen LogP contribution in [-0.2, 0) is 13.6 Å². The van der Waals surface area contributed by atoms with E-state index in [4.69, 9.17) is 11.6 Å². The zero-order valence-corrected chi connectivity index (χ0v) is 9.75. The minimum Gasteiger partial charge on any atom is -0.310 e. The van der Waals surface area contributed by atoms with Crippen LogP contribution in [0.4, 0.5) is 0 Å². The van der Waals surface area contributed by atoms with Crippen molar-refractivity contribution in [2.45, 2.75) is 26.4 Å². The highest BCUT2D eigenvalue weighted by molar-refractivity contribution is 6.18. The van der Waals surface area contributed by atoms with Gasteiger partial charge in [-0.25, -0.2) is 0 Å². The summed E-state index contributed by atoms with van der Waals surface area (Å²) in [6.45, 7) is 5.16. The summed E-state index contributed by atoms with van der Waals surface area (Å²) >= 11 is 5.78. The van der Waals surface area contributed by atoms with Crippen molar-refractivity contribution in [2.75, 3.05) is 5.88 Å². The van der Waals surface area contributed by atoms with Crippen molar-refractivity contribution in [3.8, 4) is 0 Å². The molecule has 14 heavy (non-hydrogen) atoms. The Bertz CT molecular complexity index is 272. The average molecular weight is 216 g/mol. The molecule has 1 aromatic heterocycles. The van der Waals surface area contributed by atoms with E-state index < -0.39 is 0 Å². The first-order valence-corrected chi connectivity index (χ1v) is 5.43. The molecule has 2 unspecified atom stereocenters. The molecule has 0 aliphatic heterocycles. The highest BCUT2D eigenvalue weighted by Crippen LogP contribution is 2.05. The van der Waals surface area contributed by atoms with Crippen LogP contribution in [0.3, 0.4) is 0 Å². The number of aryl methyl sites for hydroxylation is 1. The fraction of sp³-hybridized carbons (Fsp3) is 0.700. The lowest BCUT2D eigenvalue weighted by Gasteiger charge is -2.18. The Balaban J connectivity index is 2.33. The van der Waals surface area contributed by atoms with Crippen LogP contribution in [0.5, 0.6) is 0 Å². The third-order valence-electron chi connectivity index (χ3n) is 2.48. The van der Waals surface area contributed by atoms with Crippen molar-refractivity contribution in [1.82, 2.24) is 15.1 Å². The van der Waals surface area contributed by atoms with Crippen molar-refractivity contribution in [3.63, 3.8) is 0 Å². The first-order chi connectivity index (χ1) is 6.63. The van der Waals surface area contributed by atoms with Gasteiger partial charge in [-0.2, -0.15) is 5.10 Å². The standard InChI is InChI=1S/C10H18ClN3/c1-8(4-11)9(2)12-5-10-6-13-14(3)7-10/h6-9,12H,4-5H2,1-3H3. The maximum atomic E-state index is 5.78. The predicted molar refractivity (Wildman–Crippen MR) is 59.4 cm³/mol. The Morgan fingerprint density at radius 2 is 2.29 bits per heavy atom. The van der Waals surface area contributed by atoms with E-state index in [1.165, 1.54) is 5.56 Å². The summed E-state index contributed by atoms with van der Waals surface area (Å²) in [5.41, 5.74) is 1.21. The first-order valence-electron chi connectivity index (χ1n) is 4.90. The molecule has 0 saturated carbocycles. The number of nitrogens with zero attached hydrogens (tertiary/aromatic N) is 2. The molecule has 1 rings (SSSR count). The van der Waals surface area contributed by atoms with Gasteiger partial charge in [0.1, 0.15) is 0 Å². The zero-order valence-electron chi connectivity index (χ0n) is 9.00. The van der Waals surface area contributed by atoms with Crippen molar-refractivity contribution < 1.29 is 0 Å². The van der Waals surface area contributed by atoms with Crippen LogP contribution in [0.1, 0.15) is 19.4 Å². The SMILES string of the molecule is CC(CCl)C(C)NCc1cnn(C)c1. The molecule has 0 fully saturated rings. The first kappa shape index (κ1) is 11.5. The second-order valence-corrected chi connectivity index (χ2v) is 4.13. The van der Waals surface area contributed by atoms with Gasteiger partial charge in [0.15, 0.2) is 0 Å². The topological polar surface area (TPSA) is 29.9 Å². The van der Waals surface area contributed by atoms with Crippen molar-refractivity contribution in [2.24, 2.45) is 13.0 Å². The molecule has 0 amide bonds. The number of halogens is 1. The van der Waals surface area contributed by atoms with Crippen molar-refractivity contribution in [1.29, 1.82) is 0 Å². The summed E-state index contributed by atoms with van der Waals surface area (Å²) in [6.07, 6.45) is 3.90. The molecule has 3 nitrogen and oxygen atoms in total. The molecule has 1 N–H and O–H groups in total. The molecule has 0 aliphatic carbocycles. The number of hydrogen-bond donors (Lipinski definition) is 1. The summed E-state index contributed by atoms with van der Waals surface area (Å²) in [5.74, 6) is 1.19. The number of nitrogens with one attached hydrogen (secondary N) is 1. The summed E-state index contributed by atoms with van der Waals surface area (Å²) in [7, 11) is 1.92. The molecule has 80 valence electrons. The molecule has 0 saturated heterocycles. The minimum atomic E-state index is 0.438. The highest BCUT2D eigenvalue weighted by atomic mass is 35.5. The molecule has 1 aromatic rings. The van der Waals surface area contributed by atoms with Gasteiger partial charge in [-0.15, -0.1) is 11.6 Å². The molecule has 0 spiro atoms. The minimum absolute atomic E-state index is 0.438. The lowest BCUT2D eigenvalue weighted by molar-refractivity contribution is 0.430. The lowest BCUT2D eigenvalue weighted by atomic mass is 10.1. The quantitative estimate of drug-likeness (QED) is 0.759. The second-order valence-electron chi connectivity index (χ2n) is 3.82. The molecule has 0 radical (unpaired) electrons. The summed E-state index contributed by atoms with van der Waals surface area (Å²) < 4.78 is 1.81. The maximum absolute atomic E-state index is 5.78. The Hall–Kier alpha value is -0.540. The monoisotopic (exact) mass is 215 g/mol.